The van der Waals surface area contributed by atoms with E-state index in [-0.39, 0.29) is 12.0 Å². The lowest BCUT2D eigenvalue weighted by Gasteiger charge is -2.34. The van der Waals surface area contributed by atoms with Gasteiger partial charge in [-0.3, -0.25) is 4.79 Å². The van der Waals surface area contributed by atoms with Crippen LogP contribution in [0.1, 0.15) is 5.56 Å². The molecule has 2 aliphatic heterocycles. The summed E-state index contributed by atoms with van der Waals surface area (Å²) in [5.74, 6) is -0.0439. The maximum atomic E-state index is 11.8. The second-order valence-corrected chi connectivity index (χ2v) is 5.42. The van der Waals surface area contributed by atoms with Gasteiger partial charge in [-0.05, 0) is 23.8 Å². The number of aliphatic hydroxyl groups excluding tert-OH is 1. The quantitative estimate of drug-likeness (QED) is 0.834. The maximum Gasteiger partial charge on any atom is 0.246 e. The average molecular weight is 288 g/mol. The lowest BCUT2D eigenvalue weighted by atomic mass is 10.1. The monoisotopic (exact) mass is 288 g/mol. The van der Waals surface area contributed by atoms with Gasteiger partial charge in [0.1, 0.15) is 0 Å². The molecular formula is C16H20N2O3. The van der Waals surface area contributed by atoms with Gasteiger partial charge in [0.2, 0.25) is 5.91 Å². The highest BCUT2D eigenvalue weighted by Gasteiger charge is 2.26. The van der Waals surface area contributed by atoms with Gasteiger partial charge in [-0.1, -0.05) is 12.1 Å². The number of anilines is 1. The zero-order valence-corrected chi connectivity index (χ0v) is 11.9. The highest BCUT2D eigenvalue weighted by atomic mass is 16.5. The van der Waals surface area contributed by atoms with E-state index in [1.165, 1.54) is 5.69 Å². The number of carbonyl (C=O) groups is 1. The molecule has 0 bridgehead atoms. The molecule has 112 valence electrons. The van der Waals surface area contributed by atoms with Gasteiger partial charge in [-0.2, -0.15) is 0 Å². The van der Waals surface area contributed by atoms with Crippen molar-refractivity contribution in [2.24, 2.45) is 0 Å². The summed E-state index contributed by atoms with van der Waals surface area (Å²) in [6.45, 7) is 4.28. The Bertz CT molecular complexity index is 515. The predicted molar refractivity (Wildman–Crippen MR) is 81.1 cm³/mol. The molecule has 0 unspecified atom stereocenters. The molecule has 5 nitrogen and oxygen atoms in total. The smallest absolute Gasteiger partial charge is 0.246 e. The highest BCUT2D eigenvalue weighted by molar-refractivity contribution is 5.92. The second kappa shape index (κ2) is 6.28. The third-order valence-electron chi connectivity index (χ3n) is 3.86. The van der Waals surface area contributed by atoms with Crippen LogP contribution < -0.4 is 4.90 Å². The predicted octanol–water partition coefficient (Wildman–Crippen LogP) is 0.739. The summed E-state index contributed by atoms with van der Waals surface area (Å²) in [7, 11) is 0. The van der Waals surface area contributed by atoms with Gasteiger partial charge < -0.3 is 19.6 Å². The summed E-state index contributed by atoms with van der Waals surface area (Å²) in [6.07, 6.45) is 3.03. The number of aliphatic hydroxyl groups is 1. The number of hydrogen-bond donors (Lipinski definition) is 1. The van der Waals surface area contributed by atoms with Crippen LogP contribution in [0.15, 0.2) is 30.3 Å². The molecular weight excluding hydrogens is 268 g/mol. The van der Waals surface area contributed by atoms with Crippen LogP contribution >= 0.6 is 0 Å². The first-order valence-corrected chi connectivity index (χ1v) is 7.30. The normalized spacial score (nSPS) is 19.9. The summed E-state index contributed by atoms with van der Waals surface area (Å²) >= 11 is 0. The highest BCUT2D eigenvalue weighted by Crippen LogP contribution is 2.17. The topological polar surface area (TPSA) is 53.0 Å². The molecule has 21 heavy (non-hydrogen) atoms. The van der Waals surface area contributed by atoms with Gasteiger partial charge in [0.05, 0.1) is 19.3 Å². The van der Waals surface area contributed by atoms with Crippen molar-refractivity contribution in [3.05, 3.63) is 35.9 Å². The van der Waals surface area contributed by atoms with Crippen LogP contribution in [0, 0.1) is 0 Å². The van der Waals surface area contributed by atoms with Gasteiger partial charge in [0.15, 0.2) is 0 Å². The molecule has 0 atom stereocenters. The lowest BCUT2D eigenvalue weighted by Crippen LogP contribution is -2.52. The van der Waals surface area contributed by atoms with E-state index >= 15 is 0 Å². The molecule has 2 fully saturated rings. The summed E-state index contributed by atoms with van der Waals surface area (Å²) in [4.78, 5) is 15.7. The molecule has 1 N–H and O–H groups in total. The van der Waals surface area contributed by atoms with E-state index in [1.807, 2.05) is 18.2 Å². The third-order valence-corrected chi connectivity index (χ3v) is 3.86. The van der Waals surface area contributed by atoms with Crippen LogP contribution in [0.5, 0.6) is 0 Å². The van der Waals surface area contributed by atoms with E-state index in [0.717, 1.165) is 31.9 Å². The molecule has 1 aromatic rings. The number of rotatable bonds is 3. The van der Waals surface area contributed by atoms with Crippen molar-refractivity contribution in [3.63, 3.8) is 0 Å². The molecule has 3 rings (SSSR count). The van der Waals surface area contributed by atoms with Gasteiger partial charge in [0.25, 0.3) is 0 Å². The van der Waals surface area contributed by atoms with E-state index in [9.17, 15) is 9.90 Å². The Morgan fingerprint density at radius 3 is 2.48 bits per heavy atom. The van der Waals surface area contributed by atoms with Crippen molar-refractivity contribution in [3.8, 4) is 0 Å². The summed E-state index contributed by atoms with van der Waals surface area (Å²) in [5, 5.41) is 9.18. The minimum absolute atomic E-state index is 0.0439. The molecule has 5 heteroatoms. The summed E-state index contributed by atoms with van der Waals surface area (Å²) in [6, 6.07) is 8.17. The molecule has 0 aromatic heterocycles. The SMILES string of the molecule is O=C(/C=C/c1ccc(N2CCOCC2)cc1)N1CC(O)C1. The molecule has 1 amide bonds. The number of benzene rings is 1. The number of hydrogen-bond acceptors (Lipinski definition) is 4. The van der Waals surface area contributed by atoms with Crippen molar-refractivity contribution in [2.75, 3.05) is 44.3 Å². The van der Waals surface area contributed by atoms with E-state index in [4.69, 9.17) is 4.74 Å². The van der Waals surface area contributed by atoms with Crippen LogP contribution in [0.4, 0.5) is 5.69 Å². The molecule has 2 heterocycles. The number of amides is 1. The van der Waals surface area contributed by atoms with Crippen molar-refractivity contribution in [1.29, 1.82) is 0 Å². The minimum Gasteiger partial charge on any atom is -0.389 e. The molecule has 0 spiro atoms. The maximum absolute atomic E-state index is 11.8. The zero-order valence-electron chi connectivity index (χ0n) is 11.9. The first-order chi connectivity index (χ1) is 10.2. The van der Waals surface area contributed by atoms with Gasteiger partial charge in [-0.25, -0.2) is 0 Å². The van der Waals surface area contributed by atoms with Crippen LogP contribution in [0.2, 0.25) is 0 Å². The molecule has 1 aromatic carbocycles. The lowest BCUT2D eigenvalue weighted by molar-refractivity contribution is -0.135. The van der Waals surface area contributed by atoms with Crippen LogP contribution in [-0.4, -0.2) is 61.4 Å². The van der Waals surface area contributed by atoms with Crippen LogP contribution in [-0.2, 0) is 9.53 Å². The average Bonchev–Trinajstić information content (AvgIpc) is 2.51. The molecule has 0 aliphatic carbocycles. The van der Waals surface area contributed by atoms with Crippen molar-refractivity contribution in [2.45, 2.75) is 6.10 Å². The number of ether oxygens (including phenoxy) is 1. The van der Waals surface area contributed by atoms with Gasteiger partial charge in [0, 0.05) is 37.9 Å². The molecule has 2 aliphatic rings. The van der Waals surface area contributed by atoms with Crippen molar-refractivity contribution in [1.82, 2.24) is 4.90 Å². The Morgan fingerprint density at radius 2 is 1.86 bits per heavy atom. The molecule has 0 saturated carbocycles. The number of likely N-dealkylation sites (tertiary alicyclic amines) is 1. The first kappa shape index (κ1) is 14.1. The van der Waals surface area contributed by atoms with Crippen LogP contribution in [0.3, 0.4) is 0 Å². The fraction of sp³-hybridized carbons (Fsp3) is 0.438. The number of carbonyl (C=O) groups excluding carboxylic acids is 1. The minimum atomic E-state index is -0.352. The molecule has 0 radical (unpaired) electrons. The number of β-amino-alcohol motifs (C(OH)–C–C–N with tert-alkyl or cyclic N) is 1. The third kappa shape index (κ3) is 3.43. The Kier molecular flexibility index (Phi) is 4.22. The van der Waals surface area contributed by atoms with E-state index in [1.54, 1.807) is 11.0 Å². The van der Waals surface area contributed by atoms with E-state index in [2.05, 4.69) is 17.0 Å². The fourth-order valence-electron chi connectivity index (χ4n) is 2.53. The standard InChI is InChI=1S/C16H20N2O3/c19-15-11-18(12-15)16(20)6-3-13-1-4-14(5-2-13)17-7-9-21-10-8-17/h1-6,15,19H,7-12H2/b6-3+. The van der Waals surface area contributed by atoms with Crippen molar-refractivity contribution < 1.29 is 14.6 Å². The molecule has 2 saturated heterocycles. The van der Waals surface area contributed by atoms with E-state index in [0.29, 0.717) is 13.1 Å². The summed E-state index contributed by atoms with van der Waals surface area (Å²) < 4.78 is 5.34. The van der Waals surface area contributed by atoms with Crippen molar-refractivity contribution >= 4 is 17.7 Å². The largest absolute Gasteiger partial charge is 0.389 e. The second-order valence-electron chi connectivity index (χ2n) is 5.42. The number of morpholine rings is 1. The van der Waals surface area contributed by atoms with Gasteiger partial charge in [-0.15, -0.1) is 0 Å². The Hall–Kier alpha value is -1.85. The zero-order chi connectivity index (χ0) is 14.7. The van der Waals surface area contributed by atoms with Crippen LogP contribution in [0.25, 0.3) is 6.08 Å². The van der Waals surface area contributed by atoms with E-state index < -0.39 is 0 Å². The fourth-order valence-corrected chi connectivity index (χ4v) is 2.53. The summed E-state index contributed by atoms with van der Waals surface area (Å²) in [5.41, 5.74) is 2.19. The Labute approximate surface area is 124 Å². The Morgan fingerprint density at radius 1 is 1.19 bits per heavy atom. The Balaban J connectivity index is 1.57. The first-order valence-electron chi connectivity index (χ1n) is 7.30. The van der Waals surface area contributed by atoms with Gasteiger partial charge >= 0.3 is 0 Å². The number of nitrogens with zero attached hydrogens (tertiary/aromatic N) is 2.